The Labute approximate surface area is 149 Å². The lowest BCUT2D eigenvalue weighted by Gasteiger charge is -2.16. The molecule has 5 rings (SSSR count). The lowest BCUT2D eigenvalue weighted by atomic mass is 9.85. The minimum absolute atomic E-state index is 0.139. The van der Waals surface area contributed by atoms with Crippen molar-refractivity contribution < 1.29 is 14.3 Å². The minimum Gasteiger partial charge on any atom is -0.365 e. The predicted octanol–water partition coefficient (Wildman–Crippen LogP) is 0.927. The van der Waals surface area contributed by atoms with Gasteiger partial charge in [0.15, 0.2) is 0 Å². The quantitative estimate of drug-likeness (QED) is 0.596. The second-order valence-corrected chi connectivity index (χ2v) is 6.92. The third kappa shape index (κ3) is 1.73. The van der Waals surface area contributed by atoms with E-state index in [0.717, 1.165) is 4.90 Å². The molecule has 0 saturated carbocycles. The molecule has 0 spiro atoms. The lowest BCUT2D eigenvalue weighted by molar-refractivity contribution is -0.124. The van der Waals surface area contributed by atoms with Crippen molar-refractivity contribution >= 4 is 17.5 Å². The second kappa shape index (κ2) is 5.04. The maximum Gasteiger partial charge on any atom is 0.296 e. The molecule has 2 amide bonds. The fourth-order valence-electron chi connectivity index (χ4n) is 4.34. The van der Waals surface area contributed by atoms with Crippen molar-refractivity contribution in [2.45, 2.75) is 19.1 Å². The van der Waals surface area contributed by atoms with Gasteiger partial charge in [0, 0.05) is 7.05 Å². The van der Waals surface area contributed by atoms with E-state index in [1.165, 1.54) is 4.68 Å². The van der Waals surface area contributed by atoms with Crippen molar-refractivity contribution in [3.05, 3.63) is 58.5 Å². The van der Waals surface area contributed by atoms with Gasteiger partial charge in [-0.25, -0.2) is 9.58 Å². The monoisotopic (exact) mass is 351 g/mol. The first-order valence-corrected chi connectivity index (χ1v) is 8.56. The molecule has 0 radical (unpaired) electrons. The Balaban J connectivity index is 1.66. The number of carbonyl (C=O) groups is 2. The Morgan fingerprint density at radius 2 is 1.50 bits per heavy atom. The number of anilines is 1. The predicted molar refractivity (Wildman–Crippen MR) is 93.0 cm³/mol. The molecule has 1 aromatic carbocycles. The molecule has 2 bridgehead atoms. The molecule has 2 aromatic rings. The number of para-hydroxylation sites is 1. The van der Waals surface area contributed by atoms with Gasteiger partial charge in [0.05, 0.1) is 35.4 Å². The third-order valence-electron chi connectivity index (χ3n) is 5.66. The van der Waals surface area contributed by atoms with Crippen LogP contribution in [0.4, 0.5) is 5.69 Å². The summed E-state index contributed by atoms with van der Waals surface area (Å²) in [5.74, 6) is -1.74. The van der Waals surface area contributed by atoms with Crippen molar-refractivity contribution in [1.29, 1.82) is 0 Å². The number of benzene rings is 1. The molecular formula is C19H17N3O4. The smallest absolute Gasteiger partial charge is 0.296 e. The molecule has 4 atom stereocenters. The van der Waals surface area contributed by atoms with Gasteiger partial charge in [-0.1, -0.05) is 30.4 Å². The highest BCUT2D eigenvalue weighted by Gasteiger charge is 2.61. The molecule has 3 aliphatic rings. The van der Waals surface area contributed by atoms with E-state index in [0.29, 0.717) is 11.4 Å². The minimum atomic E-state index is -0.526. The number of nitrogens with zero attached hydrogens (tertiary/aromatic N) is 3. The first-order chi connectivity index (χ1) is 12.5. The first-order valence-electron chi connectivity index (χ1n) is 8.56. The highest BCUT2D eigenvalue weighted by atomic mass is 16.5. The summed E-state index contributed by atoms with van der Waals surface area (Å²) in [5, 5.41) is 0. The number of ether oxygens (including phenoxy) is 1. The van der Waals surface area contributed by atoms with Crippen LogP contribution >= 0.6 is 0 Å². The van der Waals surface area contributed by atoms with E-state index in [4.69, 9.17) is 4.74 Å². The first kappa shape index (κ1) is 15.3. The molecule has 2 fully saturated rings. The molecule has 4 heterocycles. The molecular weight excluding hydrogens is 334 g/mol. The highest BCUT2D eigenvalue weighted by Crippen LogP contribution is 2.46. The maximum absolute atomic E-state index is 13.1. The van der Waals surface area contributed by atoms with Gasteiger partial charge in [0.1, 0.15) is 5.69 Å². The van der Waals surface area contributed by atoms with Crippen molar-refractivity contribution in [1.82, 2.24) is 9.36 Å². The summed E-state index contributed by atoms with van der Waals surface area (Å²) in [6, 6.07) is 9.15. The fourth-order valence-corrected chi connectivity index (χ4v) is 4.34. The largest absolute Gasteiger partial charge is 0.365 e. The topological polar surface area (TPSA) is 73.5 Å². The van der Waals surface area contributed by atoms with Gasteiger partial charge in [0.2, 0.25) is 11.8 Å². The van der Waals surface area contributed by atoms with Crippen LogP contribution in [0.15, 0.2) is 47.3 Å². The van der Waals surface area contributed by atoms with Gasteiger partial charge in [-0.05, 0) is 19.1 Å². The maximum atomic E-state index is 13.1. The van der Waals surface area contributed by atoms with E-state index < -0.39 is 11.8 Å². The summed E-state index contributed by atoms with van der Waals surface area (Å²) in [6.07, 6.45) is 2.93. The normalized spacial score (nSPS) is 29.1. The number of carbonyl (C=O) groups excluding carboxylic acids is 2. The number of amides is 2. The number of aromatic nitrogens is 2. The number of fused-ring (bicyclic) bond motifs is 5. The Morgan fingerprint density at radius 3 is 2.08 bits per heavy atom. The third-order valence-corrected chi connectivity index (χ3v) is 5.66. The van der Waals surface area contributed by atoms with Crippen molar-refractivity contribution in [3.63, 3.8) is 0 Å². The lowest BCUT2D eigenvalue weighted by Crippen LogP contribution is -2.38. The summed E-state index contributed by atoms with van der Waals surface area (Å²) in [6.45, 7) is 1.74. The summed E-state index contributed by atoms with van der Waals surface area (Å²) >= 11 is 0. The van der Waals surface area contributed by atoms with Crippen molar-refractivity contribution in [2.24, 2.45) is 18.9 Å². The molecule has 3 aliphatic heterocycles. The van der Waals surface area contributed by atoms with Crippen LogP contribution in [0.3, 0.4) is 0 Å². The van der Waals surface area contributed by atoms with Gasteiger partial charge >= 0.3 is 0 Å². The summed E-state index contributed by atoms with van der Waals surface area (Å²) < 4.78 is 8.80. The molecule has 7 nitrogen and oxygen atoms in total. The van der Waals surface area contributed by atoms with E-state index in [1.54, 1.807) is 18.7 Å². The molecule has 2 saturated heterocycles. The van der Waals surface area contributed by atoms with Gasteiger partial charge in [-0.3, -0.25) is 19.1 Å². The van der Waals surface area contributed by atoms with Crippen LogP contribution in [0.2, 0.25) is 0 Å². The molecule has 26 heavy (non-hydrogen) atoms. The van der Waals surface area contributed by atoms with Crippen LogP contribution in [-0.4, -0.2) is 33.4 Å². The van der Waals surface area contributed by atoms with E-state index in [9.17, 15) is 14.4 Å². The van der Waals surface area contributed by atoms with Gasteiger partial charge in [0.25, 0.3) is 5.56 Å². The Hall–Kier alpha value is -2.93. The fraction of sp³-hybridized carbons (Fsp3) is 0.316. The molecule has 0 N–H and O–H groups in total. The average molecular weight is 351 g/mol. The van der Waals surface area contributed by atoms with Crippen LogP contribution in [0, 0.1) is 18.8 Å². The number of hydrogen-bond acceptors (Lipinski definition) is 4. The Morgan fingerprint density at radius 1 is 0.923 bits per heavy atom. The van der Waals surface area contributed by atoms with Crippen LogP contribution in [0.25, 0.3) is 5.69 Å². The van der Waals surface area contributed by atoms with Crippen LogP contribution < -0.4 is 10.5 Å². The molecule has 7 heteroatoms. The standard InChI is InChI=1S/C19H17N3O4/c1-10-16(19(25)22(20(10)2)11-6-4-3-5-7-11)21-17(23)14-12-8-9-13(26-12)15(14)18(21)24/h3-9,12-15H,1-2H3/t12-,13-,14+,15+/m1/s1. The zero-order chi connectivity index (χ0) is 18.2. The molecule has 0 unspecified atom stereocenters. The summed E-state index contributed by atoms with van der Waals surface area (Å²) in [4.78, 5) is 40.2. The summed E-state index contributed by atoms with van der Waals surface area (Å²) in [5.41, 5.74) is 1.01. The van der Waals surface area contributed by atoms with Crippen LogP contribution in [0.5, 0.6) is 0 Å². The van der Waals surface area contributed by atoms with E-state index in [2.05, 4.69) is 0 Å². The van der Waals surface area contributed by atoms with Crippen molar-refractivity contribution in [3.8, 4) is 5.69 Å². The van der Waals surface area contributed by atoms with Crippen LogP contribution in [-0.2, 0) is 21.4 Å². The van der Waals surface area contributed by atoms with E-state index >= 15 is 0 Å². The second-order valence-electron chi connectivity index (χ2n) is 6.92. The zero-order valence-corrected chi connectivity index (χ0v) is 14.3. The van der Waals surface area contributed by atoms with Crippen molar-refractivity contribution in [2.75, 3.05) is 4.90 Å². The Bertz CT molecular complexity index is 1000. The molecule has 1 aromatic heterocycles. The zero-order valence-electron chi connectivity index (χ0n) is 14.3. The van der Waals surface area contributed by atoms with Gasteiger partial charge in [-0.15, -0.1) is 0 Å². The summed E-state index contributed by atoms with van der Waals surface area (Å²) in [7, 11) is 1.74. The SMILES string of the molecule is Cc1c(N2C(=O)[C@@H]3[C@@H](C2=O)[C@H]2C=C[C@H]3O2)c(=O)n(-c2ccccc2)n1C. The highest BCUT2D eigenvalue weighted by molar-refractivity contribution is 6.23. The number of hydrogen-bond donors (Lipinski definition) is 0. The van der Waals surface area contributed by atoms with E-state index in [-0.39, 0.29) is 35.3 Å². The van der Waals surface area contributed by atoms with Gasteiger partial charge < -0.3 is 4.74 Å². The Kier molecular flexibility index (Phi) is 2.98. The van der Waals surface area contributed by atoms with E-state index in [1.807, 2.05) is 42.5 Å². The van der Waals surface area contributed by atoms with Gasteiger partial charge in [-0.2, -0.15) is 0 Å². The number of rotatable bonds is 2. The average Bonchev–Trinajstić information content (AvgIpc) is 3.36. The number of imide groups is 1. The molecule has 132 valence electrons. The van der Waals surface area contributed by atoms with Crippen LogP contribution in [0.1, 0.15) is 5.69 Å². The molecule has 0 aliphatic carbocycles.